The minimum atomic E-state index is -0.184. The number of aryl methyl sites for hydroxylation is 1. The van der Waals surface area contributed by atoms with Gasteiger partial charge in [0.15, 0.2) is 5.82 Å². The van der Waals surface area contributed by atoms with E-state index in [4.69, 9.17) is 4.52 Å². The maximum absolute atomic E-state index is 12.0. The van der Waals surface area contributed by atoms with E-state index in [1.165, 1.54) is 11.3 Å². The molecule has 0 radical (unpaired) electrons. The van der Waals surface area contributed by atoms with Crippen LogP contribution in [0.1, 0.15) is 15.4 Å². The van der Waals surface area contributed by atoms with Gasteiger partial charge in [0, 0.05) is 19.2 Å². The number of likely N-dealkylation sites (tertiary alicyclic amines) is 1. The fourth-order valence-corrected chi connectivity index (χ4v) is 2.71. The maximum Gasteiger partial charge on any atom is 0.263 e. The highest BCUT2D eigenvalue weighted by Crippen LogP contribution is 2.22. The summed E-state index contributed by atoms with van der Waals surface area (Å²) >= 11 is 1.41. The number of nitrogens with zero attached hydrogens (tertiary/aromatic N) is 2. The molecule has 3 rings (SSSR count). The van der Waals surface area contributed by atoms with Crippen LogP contribution in [0.2, 0.25) is 0 Å². The van der Waals surface area contributed by atoms with E-state index in [-0.39, 0.29) is 17.7 Å². The van der Waals surface area contributed by atoms with Crippen molar-refractivity contribution in [3.05, 3.63) is 34.2 Å². The predicted molar refractivity (Wildman–Crippen MR) is 73.6 cm³/mol. The van der Waals surface area contributed by atoms with Gasteiger partial charge in [0.05, 0.1) is 10.8 Å². The van der Waals surface area contributed by atoms with Gasteiger partial charge in [-0.05, 0) is 18.4 Å². The van der Waals surface area contributed by atoms with Gasteiger partial charge in [0.25, 0.3) is 5.91 Å². The normalized spacial score (nSPS) is 14.9. The molecule has 104 valence electrons. The van der Waals surface area contributed by atoms with Gasteiger partial charge in [-0.2, -0.15) is 0 Å². The first kappa shape index (κ1) is 12.9. The average Bonchev–Trinajstić information content (AvgIpc) is 2.98. The lowest BCUT2D eigenvalue weighted by Gasteiger charge is -2.37. The van der Waals surface area contributed by atoms with Crippen molar-refractivity contribution < 1.29 is 14.1 Å². The standard InChI is InChI=1S/C13H13N3O3S/c1-8-5-11(15-19-8)14-12(17)9-6-16(7-9)13(18)10-3-2-4-20-10/h2-5,9H,6-7H2,1H3,(H,14,15,17). The fourth-order valence-electron chi connectivity index (χ4n) is 2.02. The number of amides is 2. The number of rotatable bonds is 3. The van der Waals surface area contributed by atoms with E-state index in [1.807, 2.05) is 11.4 Å². The van der Waals surface area contributed by atoms with Crippen molar-refractivity contribution in [2.45, 2.75) is 6.92 Å². The Kier molecular flexibility index (Phi) is 3.27. The van der Waals surface area contributed by atoms with Crippen LogP contribution in [0.3, 0.4) is 0 Å². The molecule has 1 saturated heterocycles. The molecule has 1 aliphatic rings. The van der Waals surface area contributed by atoms with Crippen molar-refractivity contribution in [2.75, 3.05) is 18.4 Å². The molecule has 20 heavy (non-hydrogen) atoms. The molecule has 1 fully saturated rings. The molecule has 0 unspecified atom stereocenters. The van der Waals surface area contributed by atoms with E-state index >= 15 is 0 Å². The molecule has 7 heteroatoms. The van der Waals surface area contributed by atoms with Crippen molar-refractivity contribution in [1.82, 2.24) is 10.1 Å². The second-order valence-electron chi connectivity index (χ2n) is 4.70. The van der Waals surface area contributed by atoms with Crippen LogP contribution in [0.15, 0.2) is 28.1 Å². The number of carbonyl (C=O) groups is 2. The highest BCUT2D eigenvalue weighted by Gasteiger charge is 2.36. The molecule has 2 amide bonds. The molecule has 2 aromatic rings. The van der Waals surface area contributed by atoms with Gasteiger partial charge >= 0.3 is 0 Å². The second-order valence-corrected chi connectivity index (χ2v) is 5.64. The van der Waals surface area contributed by atoms with Crippen LogP contribution in [-0.4, -0.2) is 35.0 Å². The van der Waals surface area contributed by atoms with E-state index in [0.717, 1.165) is 0 Å². The molecular weight excluding hydrogens is 278 g/mol. The number of nitrogens with one attached hydrogen (secondary N) is 1. The van der Waals surface area contributed by atoms with Gasteiger partial charge in [-0.25, -0.2) is 0 Å². The Hall–Kier alpha value is -2.15. The fraction of sp³-hybridized carbons (Fsp3) is 0.308. The SMILES string of the molecule is Cc1cc(NC(=O)C2CN(C(=O)c3cccs3)C2)no1. The van der Waals surface area contributed by atoms with Gasteiger partial charge in [0.1, 0.15) is 5.76 Å². The van der Waals surface area contributed by atoms with Crippen molar-refractivity contribution in [2.24, 2.45) is 5.92 Å². The summed E-state index contributed by atoms with van der Waals surface area (Å²) in [6.45, 7) is 2.65. The lowest BCUT2D eigenvalue weighted by atomic mass is 9.99. The molecule has 0 saturated carbocycles. The monoisotopic (exact) mass is 291 g/mol. The zero-order valence-corrected chi connectivity index (χ0v) is 11.6. The first-order valence-corrected chi connectivity index (χ1v) is 7.08. The van der Waals surface area contributed by atoms with Gasteiger partial charge < -0.3 is 14.7 Å². The van der Waals surface area contributed by atoms with Crippen molar-refractivity contribution in [3.63, 3.8) is 0 Å². The summed E-state index contributed by atoms with van der Waals surface area (Å²) in [5, 5.41) is 8.25. The van der Waals surface area contributed by atoms with Crippen molar-refractivity contribution in [3.8, 4) is 0 Å². The maximum atomic E-state index is 12.0. The predicted octanol–water partition coefficient (Wildman–Crippen LogP) is 1.76. The summed E-state index contributed by atoms with van der Waals surface area (Å²) in [4.78, 5) is 26.3. The van der Waals surface area contributed by atoms with E-state index in [1.54, 1.807) is 24.0 Å². The summed E-state index contributed by atoms with van der Waals surface area (Å²) in [5.41, 5.74) is 0. The van der Waals surface area contributed by atoms with Crippen molar-refractivity contribution >= 4 is 29.0 Å². The molecule has 1 aliphatic heterocycles. The zero-order chi connectivity index (χ0) is 14.1. The van der Waals surface area contributed by atoms with Crippen LogP contribution in [0.25, 0.3) is 0 Å². The molecule has 0 atom stereocenters. The summed E-state index contributed by atoms with van der Waals surface area (Å²) in [6.07, 6.45) is 0. The summed E-state index contributed by atoms with van der Waals surface area (Å²) in [7, 11) is 0. The summed E-state index contributed by atoms with van der Waals surface area (Å²) < 4.78 is 4.88. The van der Waals surface area contributed by atoms with Gasteiger partial charge in [0.2, 0.25) is 5.91 Å². The quantitative estimate of drug-likeness (QED) is 0.935. The Morgan fingerprint density at radius 3 is 2.90 bits per heavy atom. The first-order chi connectivity index (χ1) is 9.63. The summed E-state index contributed by atoms with van der Waals surface area (Å²) in [6, 6.07) is 5.29. The average molecular weight is 291 g/mol. The molecule has 2 aromatic heterocycles. The lowest BCUT2D eigenvalue weighted by Crippen LogP contribution is -2.54. The molecular formula is C13H13N3O3S. The van der Waals surface area contributed by atoms with Crippen LogP contribution < -0.4 is 5.32 Å². The third kappa shape index (κ3) is 2.44. The number of thiophene rings is 1. The number of hydrogen-bond acceptors (Lipinski definition) is 5. The Bertz CT molecular complexity index is 629. The van der Waals surface area contributed by atoms with Crippen LogP contribution >= 0.6 is 11.3 Å². The molecule has 0 spiro atoms. The first-order valence-electron chi connectivity index (χ1n) is 6.20. The number of hydrogen-bond donors (Lipinski definition) is 1. The Morgan fingerprint density at radius 2 is 2.30 bits per heavy atom. The number of anilines is 1. The van der Waals surface area contributed by atoms with Gasteiger partial charge in [-0.1, -0.05) is 11.2 Å². The second kappa shape index (κ2) is 5.09. The zero-order valence-electron chi connectivity index (χ0n) is 10.8. The third-order valence-corrected chi connectivity index (χ3v) is 4.01. The number of aromatic nitrogens is 1. The Balaban J connectivity index is 1.52. The highest BCUT2D eigenvalue weighted by atomic mass is 32.1. The van der Waals surface area contributed by atoms with Crippen LogP contribution in [-0.2, 0) is 4.79 Å². The third-order valence-electron chi connectivity index (χ3n) is 3.15. The minimum Gasteiger partial charge on any atom is -0.360 e. The van der Waals surface area contributed by atoms with E-state index < -0.39 is 0 Å². The van der Waals surface area contributed by atoms with Crippen LogP contribution in [0, 0.1) is 12.8 Å². The van der Waals surface area contributed by atoms with Crippen LogP contribution in [0.5, 0.6) is 0 Å². The molecule has 6 nitrogen and oxygen atoms in total. The topological polar surface area (TPSA) is 75.4 Å². The molecule has 0 aliphatic carbocycles. The summed E-state index contributed by atoms with van der Waals surface area (Å²) in [5.74, 6) is 0.727. The molecule has 0 aromatic carbocycles. The highest BCUT2D eigenvalue weighted by molar-refractivity contribution is 7.12. The molecule has 1 N–H and O–H groups in total. The van der Waals surface area contributed by atoms with Gasteiger partial charge in [-0.15, -0.1) is 11.3 Å². The lowest BCUT2D eigenvalue weighted by molar-refractivity contribution is -0.123. The van der Waals surface area contributed by atoms with E-state index in [9.17, 15) is 9.59 Å². The molecule has 3 heterocycles. The van der Waals surface area contributed by atoms with Crippen LogP contribution in [0.4, 0.5) is 5.82 Å². The van der Waals surface area contributed by atoms with E-state index in [0.29, 0.717) is 29.5 Å². The minimum absolute atomic E-state index is 0.0127. The number of carbonyl (C=O) groups excluding carboxylic acids is 2. The van der Waals surface area contributed by atoms with E-state index in [2.05, 4.69) is 10.5 Å². The van der Waals surface area contributed by atoms with Gasteiger partial charge in [-0.3, -0.25) is 9.59 Å². The Morgan fingerprint density at radius 1 is 1.50 bits per heavy atom. The Labute approximate surface area is 119 Å². The molecule has 0 bridgehead atoms. The van der Waals surface area contributed by atoms with Crippen molar-refractivity contribution in [1.29, 1.82) is 0 Å². The largest absolute Gasteiger partial charge is 0.360 e. The smallest absolute Gasteiger partial charge is 0.263 e.